The number of benzene rings is 1. The van der Waals surface area contributed by atoms with Crippen LogP contribution in [0, 0.1) is 17.1 Å². The van der Waals surface area contributed by atoms with E-state index in [0.717, 1.165) is 31.5 Å². The Morgan fingerprint density at radius 1 is 1.15 bits per heavy atom. The molecule has 0 saturated heterocycles. The van der Waals surface area contributed by atoms with Crippen LogP contribution in [0.4, 0.5) is 4.39 Å². The highest BCUT2D eigenvalue weighted by atomic mass is 19.1. The van der Waals surface area contributed by atoms with Crippen molar-refractivity contribution in [2.75, 3.05) is 0 Å². The minimum atomic E-state index is -1.07. The number of Topliss-reactive ketones (excluding diaryl/α,β-unsaturated/α-hetero) is 1. The summed E-state index contributed by atoms with van der Waals surface area (Å²) in [5.41, 5.74) is 0.653. The summed E-state index contributed by atoms with van der Waals surface area (Å²) in [6, 6.07) is 11.0. The van der Waals surface area contributed by atoms with Crippen molar-refractivity contribution in [3.05, 3.63) is 59.6 Å². The molecule has 2 aromatic heterocycles. The van der Waals surface area contributed by atoms with Gasteiger partial charge in [-0.15, -0.1) is 10.2 Å². The number of nitriles is 1. The Kier molecular flexibility index (Phi) is 4.55. The fourth-order valence-corrected chi connectivity index (χ4v) is 3.34. The minimum absolute atomic E-state index is 0.0758. The van der Waals surface area contributed by atoms with Gasteiger partial charge in [0.1, 0.15) is 17.4 Å². The molecule has 4 rings (SSSR count). The van der Waals surface area contributed by atoms with E-state index in [1.807, 2.05) is 10.6 Å². The largest absolute Gasteiger partial charge is 0.453 e. The van der Waals surface area contributed by atoms with Crippen LogP contribution in [0.15, 0.2) is 40.8 Å². The molecule has 0 fully saturated rings. The van der Waals surface area contributed by atoms with Gasteiger partial charge in [0, 0.05) is 18.5 Å². The highest BCUT2D eigenvalue weighted by Crippen LogP contribution is 2.27. The zero-order chi connectivity index (χ0) is 18.8. The Morgan fingerprint density at radius 3 is 2.74 bits per heavy atom. The van der Waals surface area contributed by atoms with Crippen molar-refractivity contribution in [3.63, 3.8) is 0 Å². The molecule has 0 spiro atoms. The van der Waals surface area contributed by atoms with Gasteiger partial charge in [-0.25, -0.2) is 4.39 Å². The molecule has 0 aliphatic carbocycles. The lowest BCUT2D eigenvalue weighted by Gasteiger charge is -2.09. The number of rotatable bonds is 4. The van der Waals surface area contributed by atoms with Crippen LogP contribution in [0.1, 0.15) is 47.4 Å². The molecule has 0 saturated carbocycles. The topological polar surface area (TPSA) is 84.7 Å². The van der Waals surface area contributed by atoms with E-state index >= 15 is 0 Å². The number of aryl methyl sites for hydroxylation is 1. The van der Waals surface area contributed by atoms with Crippen molar-refractivity contribution in [1.29, 1.82) is 5.26 Å². The summed E-state index contributed by atoms with van der Waals surface area (Å²) in [5, 5.41) is 17.9. The lowest BCUT2D eigenvalue weighted by atomic mass is 10.0. The van der Waals surface area contributed by atoms with Crippen LogP contribution >= 0.6 is 0 Å². The van der Waals surface area contributed by atoms with Crippen LogP contribution in [0.25, 0.3) is 11.3 Å². The van der Waals surface area contributed by atoms with Gasteiger partial charge in [-0.3, -0.25) is 4.79 Å². The summed E-state index contributed by atoms with van der Waals surface area (Å²) in [4.78, 5) is 12.9. The molecule has 0 bridgehead atoms. The molecule has 7 heteroatoms. The Balaban J connectivity index is 1.63. The second-order valence-corrected chi connectivity index (χ2v) is 6.53. The Bertz CT molecular complexity index is 1010. The van der Waals surface area contributed by atoms with Crippen LogP contribution < -0.4 is 0 Å². The summed E-state index contributed by atoms with van der Waals surface area (Å²) in [6.07, 6.45) is 3.89. The molecule has 0 radical (unpaired) electrons. The zero-order valence-corrected chi connectivity index (χ0v) is 14.6. The quantitative estimate of drug-likeness (QED) is 0.656. The SMILES string of the molecule is N#C[C@H](C(=O)c1ccc(-c2ccc(F)cc2)o1)c1nnc2n1CCCCC2. The van der Waals surface area contributed by atoms with Crippen molar-refractivity contribution >= 4 is 5.78 Å². The van der Waals surface area contributed by atoms with E-state index in [9.17, 15) is 14.4 Å². The number of aromatic nitrogens is 3. The summed E-state index contributed by atoms with van der Waals surface area (Å²) < 4.78 is 20.6. The maximum atomic E-state index is 13.1. The maximum absolute atomic E-state index is 13.1. The number of fused-ring (bicyclic) bond motifs is 1. The summed E-state index contributed by atoms with van der Waals surface area (Å²) in [7, 11) is 0. The van der Waals surface area contributed by atoms with Gasteiger partial charge in [0.2, 0.25) is 5.78 Å². The van der Waals surface area contributed by atoms with Crippen molar-refractivity contribution < 1.29 is 13.6 Å². The fraction of sp³-hybridized carbons (Fsp3) is 0.300. The molecule has 0 amide bonds. The van der Waals surface area contributed by atoms with Crippen LogP contribution in [0.2, 0.25) is 0 Å². The third-order valence-electron chi connectivity index (χ3n) is 4.77. The van der Waals surface area contributed by atoms with Gasteiger partial charge < -0.3 is 8.98 Å². The molecule has 27 heavy (non-hydrogen) atoms. The lowest BCUT2D eigenvalue weighted by molar-refractivity contribution is 0.0948. The smallest absolute Gasteiger partial charge is 0.222 e. The Morgan fingerprint density at radius 2 is 1.96 bits per heavy atom. The molecule has 1 atom stereocenters. The van der Waals surface area contributed by atoms with E-state index in [4.69, 9.17) is 4.42 Å². The molecule has 1 aromatic carbocycles. The molecular weight excluding hydrogens is 347 g/mol. The summed E-state index contributed by atoms with van der Waals surface area (Å²) in [6.45, 7) is 0.710. The number of carbonyl (C=O) groups is 1. The van der Waals surface area contributed by atoms with E-state index < -0.39 is 11.7 Å². The minimum Gasteiger partial charge on any atom is -0.453 e. The number of hydrogen-bond donors (Lipinski definition) is 0. The molecule has 0 N–H and O–H groups in total. The third-order valence-corrected chi connectivity index (χ3v) is 4.77. The Hall–Kier alpha value is -3.27. The zero-order valence-electron chi connectivity index (χ0n) is 14.6. The van der Waals surface area contributed by atoms with Gasteiger partial charge in [0.25, 0.3) is 0 Å². The average Bonchev–Trinajstić information content (AvgIpc) is 3.25. The van der Waals surface area contributed by atoms with E-state index in [-0.39, 0.29) is 11.6 Å². The second-order valence-electron chi connectivity index (χ2n) is 6.53. The normalized spacial score (nSPS) is 14.8. The predicted molar refractivity (Wildman–Crippen MR) is 94.4 cm³/mol. The first-order valence-electron chi connectivity index (χ1n) is 8.89. The van der Waals surface area contributed by atoms with Crippen molar-refractivity contribution in [3.8, 4) is 17.4 Å². The van der Waals surface area contributed by atoms with E-state index in [1.165, 1.54) is 18.2 Å². The number of halogens is 1. The maximum Gasteiger partial charge on any atom is 0.222 e. The monoisotopic (exact) mass is 364 g/mol. The first kappa shape index (κ1) is 17.2. The first-order chi connectivity index (χ1) is 13.2. The number of carbonyl (C=O) groups excluding carboxylic acids is 1. The molecule has 136 valence electrons. The van der Waals surface area contributed by atoms with Gasteiger partial charge in [0.15, 0.2) is 17.5 Å². The van der Waals surface area contributed by atoms with E-state index in [1.54, 1.807) is 18.2 Å². The van der Waals surface area contributed by atoms with E-state index in [0.29, 0.717) is 23.7 Å². The summed E-state index contributed by atoms with van der Waals surface area (Å²) >= 11 is 0. The average molecular weight is 364 g/mol. The molecule has 3 heterocycles. The molecule has 6 nitrogen and oxygen atoms in total. The highest BCUT2D eigenvalue weighted by Gasteiger charge is 2.31. The van der Waals surface area contributed by atoms with Gasteiger partial charge in [0.05, 0.1) is 6.07 Å². The number of ketones is 1. The number of furan rings is 1. The fourth-order valence-electron chi connectivity index (χ4n) is 3.34. The molecule has 0 unspecified atom stereocenters. The first-order valence-corrected chi connectivity index (χ1v) is 8.89. The van der Waals surface area contributed by atoms with Crippen molar-refractivity contribution in [2.24, 2.45) is 0 Å². The van der Waals surface area contributed by atoms with Crippen LogP contribution in [0.3, 0.4) is 0 Å². The predicted octanol–water partition coefficient (Wildman–Crippen LogP) is 3.89. The lowest BCUT2D eigenvalue weighted by Crippen LogP contribution is -2.17. The molecular formula is C20H17FN4O2. The van der Waals surface area contributed by atoms with Gasteiger partial charge >= 0.3 is 0 Å². The standard InChI is InChI=1S/C20H17FN4O2/c21-14-7-5-13(6-8-14)16-9-10-17(27-16)19(26)15(12-22)20-24-23-18-4-2-1-3-11-25(18)20/h5-10,15H,1-4,11H2/t15-/m1/s1. The van der Waals surface area contributed by atoms with Crippen molar-refractivity contribution in [1.82, 2.24) is 14.8 Å². The molecule has 1 aliphatic rings. The van der Waals surface area contributed by atoms with Gasteiger partial charge in [-0.1, -0.05) is 6.42 Å². The van der Waals surface area contributed by atoms with Crippen molar-refractivity contribution in [2.45, 2.75) is 38.1 Å². The van der Waals surface area contributed by atoms with Crippen LogP contribution in [0.5, 0.6) is 0 Å². The van der Waals surface area contributed by atoms with Crippen LogP contribution in [-0.2, 0) is 13.0 Å². The molecule has 3 aromatic rings. The highest BCUT2D eigenvalue weighted by molar-refractivity contribution is 6.00. The number of nitrogens with zero attached hydrogens (tertiary/aromatic N) is 4. The summed E-state index contributed by atoms with van der Waals surface area (Å²) in [5.74, 6) is -0.163. The third kappa shape index (κ3) is 3.26. The molecule has 1 aliphatic heterocycles. The number of hydrogen-bond acceptors (Lipinski definition) is 5. The van der Waals surface area contributed by atoms with Crippen LogP contribution in [-0.4, -0.2) is 20.5 Å². The Labute approximate surface area is 155 Å². The van der Waals surface area contributed by atoms with Gasteiger partial charge in [-0.05, 0) is 49.2 Å². The second kappa shape index (κ2) is 7.16. The van der Waals surface area contributed by atoms with E-state index in [2.05, 4.69) is 10.2 Å². The van der Waals surface area contributed by atoms with Gasteiger partial charge in [-0.2, -0.15) is 5.26 Å².